The lowest BCUT2D eigenvalue weighted by Gasteiger charge is -2.00. The molecule has 0 aliphatic heterocycles. The number of fused-ring (bicyclic) bond motifs is 1. The molecule has 0 unspecified atom stereocenters. The topological polar surface area (TPSA) is 0 Å². The number of halogens is 1. The summed E-state index contributed by atoms with van der Waals surface area (Å²) in [4.78, 5) is 1.30. The molecule has 2 aromatic carbocycles. The van der Waals surface area contributed by atoms with E-state index in [0.29, 0.717) is 0 Å². The summed E-state index contributed by atoms with van der Waals surface area (Å²) in [5.41, 5.74) is 1.29. The fraction of sp³-hybridized carbons (Fsp3) is 0. The molecule has 1 heterocycles. The summed E-state index contributed by atoms with van der Waals surface area (Å²) >= 11 is 5.26. The van der Waals surface area contributed by atoms with Crippen LogP contribution in [0.5, 0.6) is 0 Å². The Kier molecular flexibility index (Phi) is 2.54. The van der Waals surface area contributed by atoms with Crippen molar-refractivity contribution in [1.82, 2.24) is 0 Å². The second-order valence-corrected chi connectivity index (χ2v) is 6.13. The molecule has 0 radical (unpaired) electrons. The fourth-order valence-electron chi connectivity index (χ4n) is 1.81. The standard InChI is InChI=1S/C14H9BrS/c15-14-8-7-13(16-14)12-6-5-10-3-1-2-4-11(10)9-12/h1-9H. The van der Waals surface area contributed by atoms with Gasteiger partial charge in [0.25, 0.3) is 0 Å². The first-order valence-electron chi connectivity index (χ1n) is 5.07. The molecule has 0 saturated carbocycles. The summed E-state index contributed by atoms with van der Waals surface area (Å²) in [5.74, 6) is 0. The van der Waals surface area contributed by atoms with Gasteiger partial charge in [-0.3, -0.25) is 0 Å². The molecule has 3 rings (SSSR count). The van der Waals surface area contributed by atoms with Crippen molar-refractivity contribution in [3.63, 3.8) is 0 Å². The smallest absolute Gasteiger partial charge is 0.0705 e. The highest BCUT2D eigenvalue weighted by Crippen LogP contribution is 2.32. The van der Waals surface area contributed by atoms with Crippen molar-refractivity contribution in [2.24, 2.45) is 0 Å². The van der Waals surface area contributed by atoms with Crippen molar-refractivity contribution in [2.45, 2.75) is 0 Å². The van der Waals surface area contributed by atoms with Gasteiger partial charge >= 0.3 is 0 Å². The third-order valence-electron chi connectivity index (χ3n) is 2.61. The number of rotatable bonds is 1. The average Bonchev–Trinajstić information content (AvgIpc) is 2.75. The van der Waals surface area contributed by atoms with E-state index in [0.717, 1.165) is 0 Å². The molecule has 0 spiro atoms. The molecule has 0 saturated heterocycles. The molecule has 2 heteroatoms. The zero-order valence-electron chi connectivity index (χ0n) is 8.48. The molecular weight excluding hydrogens is 280 g/mol. The quantitative estimate of drug-likeness (QED) is 0.568. The first-order chi connectivity index (χ1) is 7.83. The average molecular weight is 289 g/mol. The Balaban J connectivity index is 2.18. The minimum absolute atomic E-state index is 1.18. The van der Waals surface area contributed by atoms with Crippen LogP contribution in [0.1, 0.15) is 0 Å². The van der Waals surface area contributed by atoms with Crippen LogP contribution in [0, 0.1) is 0 Å². The van der Waals surface area contributed by atoms with E-state index in [1.807, 2.05) is 0 Å². The third-order valence-corrected chi connectivity index (χ3v) is 4.28. The molecule has 0 atom stereocenters. The first kappa shape index (κ1) is 10.1. The van der Waals surface area contributed by atoms with Crippen molar-refractivity contribution >= 4 is 38.0 Å². The highest BCUT2D eigenvalue weighted by molar-refractivity contribution is 9.11. The SMILES string of the molecule is Brc1ccc(-c2ccc3ccccc3c2)s1. The number of hydrogen-bond donors (Lipinski definition) is 0. The van der Waals surface area contributed by atoms with E-state index >= 15 is 0 Å². The Hall–Kier alpha value is -1.12. The molecule has 0 aliphatic carbocycles. The summed E-state index contributed by atoms with van der Waals surface area (Å²) in [5, 5.41) is 2.59. The largest absolute Gasteiger partial charge is 0.128 e. The van der Waals surface area contributed by atoms with Gasteiger partial charge in [0.15, 0.2) is 0 Å². The maximum atomic E-state index is 3.50. The highest BCUT2D eigenvalue weighted by atomic mass is 79.9. The van der Waals surface area contributed by atoms with Gasteiger partial charge in [-0.1, -0.05) is 36.4 Å². The molecule has 0 bridgehead atoms. The second-order valence-electron chi connectivity index (χ2n) is 3.67. The van der Waals surface area contributed by atoms with Gasteiger partial charge in [0, 0.05) is 4.88 Å². The van der Waals surface area contributed by atoms with Crippen molar-refractivity contribution in [3.05, 3.63) is 58.4 Å². The van der Waals surface area contributed by atoms with Crippen LogP contribution in [-0.2, 0) is 0 Å². The molecule has 0 fully saturated rings. The monoisotopic (exact) mass is 288 g/mol. The lowest BCUT2D eigenvalue weighted by molar-refractivity contribution is 1.73. The Morgan fingerprint density at radius 3 is 2.38 bits per heavy atom. The predicted molar refractivity (Wildman–Crippen MR) is 75.0 cm³/mol. The lowest BCUT2D eigenvalue weighted by atomic mass is 10.1. The molecule has 0 N–H and O–H groups in total. The Bertz CT molecular complexity index is 640. The van der Waals surface area contributed by atoms with Crippen molar-refractivity contribution < 1.29 is 0 Å². The minimum atomic E-state index is 1.18. The van der Waals surface area contributed by atoms with Crippen LogP contribution in [-0.4, -0.2) is 0 Å². The summed E-state index contributed by atoms with van der Waals surface area (Å²) in [6, 6.07) is 19.3. The van der Waals surface area contributed by atoms with Gasteiger partial charge in [0.1, 0.15) is 0 Å². The second kappa shape index (κ2) is 4.04. The summed E-state index contributed by atoms with van der Waals surface area (Å²) in [6.45, 7) is 0. The third kappa shape index (κ3) is 1.79. The molecule has 0 aliphatic rings. The summed E-state index contributed by atoms with van der Waals surface area (Å²) in [6.07, 6.45) is 0. The number of hydrogen-bond acceptors (Lipinski definition) is 1. The van der Waals surface area contributed by atoms with Crippen molar-refractivity contribution in [1.29, 1.82) is 0 Å². The van der Waals surface area contributed by atoms with Crippen molar-refractivity contribution in [3.8, 4) is 10.4 Å². The van der Waals surface area contributed by atoms with E-state index in [4.69, 9.17) is 0 Å². The summed E-state index contributed by atoms with van der Waals surface area (Å²) in [7, 11) is 0. The van der Waals surface area contributed by atoms with Crippen LogP contribution in [0.25, 0.3) is 21.2 Å². The molecule has 0 nitrogen and oxygen atoms in total. The number of benzene rings is 2. The van der Waals surface area contributed by atoms with Crippen LogP contribution in [0.15, 0.2) is 58.4 Å². The normalized spacial score (nSPS) is 10.8. The van der Waals surface area contributed by atoms with E-state index in [-0.39, 0.29) is 0 Å². The molecular formula is C14H9BrS. The van der Waals surface area contributed by atoms with Crippen LogP contribution in [0.4, 0.5) is 0 Å². The molecule has 0 amide bonds. The first-order valence-corrected chi connectivity index (χ1v) is 6.68. The van der Waals surface area contributed by atoms with Gasteiger partial charge in [-0.05, 0) is 50.5 Å². The summed E-state index contributed by atoms with van der Waals surface area (Å²) < 4.78 is 1.18. The van der Waals surface area contributed by atoms with Crippen molar-refractivity contribution in [2.75, 3.05) is 0 Å². The highest BCUT2D eigenvalue weighted by Gasteiger charge is 2.02. The zero-order chi connectivity index (χ0) is 11.0. The van der Waals surface area contributed by atoms with Crippen LogP contribution in [0.3, 0.4) is 0 Å². The lowest BCUT2D eigenvalue weighted by Crippen LogP contribution is -1.74. The molecule has 3 aromatic rings. The Morgan fingerprint density at radius 1 is 0.812 bits per heavy atom. The van der Waals surface area contributed by atoms with Gasteiger partial charge < -0.3 is 0 Å². The van der Waals surface area contributed by atoms with E-state index in [1.54, 1.807) is 11.3 Å². The molecule has 16 heavy (non-hydrogen) atoms. The zero-order valence-corrected chi connectivity index (χ0v) is 10.9. The minimum Gasteiger partial charge on any atom is -0.128 e. The van der Waals surface area contributed by atoms with E-state index in [9.17, 15) is 0 Å². The van der Waals surface area contributed by atoms with Gasteiger partial charge in [-0.25, -0.2) is 0 Å². The van der Waals surface area contributed by atoms with E-state index in [2.05, 4.69) is 70.5 Å². The number of thiophene rings is 1. The van der Waals surface area contributed by atoms with Gasteiger partial charge in [-0.15, -0.1) is 11.3 Å². The van der Waals surface area contributed by atoms with Gasteiger partial charge in [0.2, 0.25) is 0 Å². The van der Waals surface area contributed by atoms with Gasteiger partial charge in [-0.2, -0.15) is 0 Å². The maximum absolute atomic E-state index is 3.50. The Morgan fingerprint density at radius 2 is 1.62 bits per heavy atom. The molecule has 78 valence electrons. The van der Waals surface area contributed by atoms with Crippen LogP contribution < -0.4 is 0 Å². The van der Waals surface area contributed by atoms with Crippen LogP contribution >= 0.6 is 27.3 Å². The Labute approximate surface area is 107 Å². The fourth-order valence-corrected chi connectivity index (χ4v) is 3.19. The predicted octanol–water partition coefficient (Wildman–Crippen LogP) is 5.33. The maximum Gasteiger partial charge on any atom is 0.0705 e. The van der Waals surface area contributed by atoms with Gasteiger partial charge in [0.05, 0.1) is 3.79 Å². The van der Waals surface area contributed by atoms with E-state index in [1.165, 1.54) is 25.0 Å². The van der Waals surface area contributed by atoms with Crippen LogP contribution in [0.2, 0.25) is 0 Å². The molecule has 1 aromatic heterocycles. The van der Waals surface area contributed by atoms with E-state index < -0.39 is 0 Å².